The molecule has 0 radical (unpaired) electrons. The van der Waals surface area contributed by atoms with Crippen LogP contribution in [0, 0.1) is 13.8 Å². The van der Waals surface area contributed by atoms with Crippen molar-refractivity contribution >= 4 is 34.0 Å². The molecule has 0 spiro atoms. The summed E-state index contributed by atoms with van der Waals surface area (Å²) in [5.41, 5.74) is 5.78. The van der Waals surface area contributed by atoms with Crippen LogP contribution in [0.5, 0.6) is 0 Å². The van der Waals surface area contributed by atoms with Gasteiger partial charge in [-0.3, -0.25) is 9.59 Å². The molecule has 6 rings (SSSR count). The number of para-hydroxylation sites is 1. The molecule has 2 amide bonds. The van der Waals surface area contributed by atoms with Crippen LogP contribution in [0.3, 0.4) is 0 Å². The minimum atomic E-state index is -1.56. The topological polar surface area (TPSA) is 60.9 Å². The van der Waals surface area contributed by atoms with Gasteiger partial charge in [-0.15, -0.1) is 0 Å². The molecule has 4 aromatic carbocycles. The first-order valence-corrected chi connectivity index (χ1v) is 14.7. The quantitative estimate of drug-likeness (QED) is 0.333. The predicted molar refractivity (Wildman–Crippen MR) is 159 cm³/mol. The maximum absolute atomic E-state index is 14.0. The Morgan fingerprint density at radius 3 is 2.30 bits per heavy atom. The van der Waals surface area contributed by atoms with Crippen molar-refractivity contribution in [1.29, 1.82) is 0 Å². The molecule has 0 aliphatic carbocycles. The van der Waals surface area contributed by atoms with Crippen molar-refractivity contribution in [3.05, 3.63) is 119 Å². The standard InChI is InChI=1S/C33H31N3O3S/c1-23-12-13-24(2)26(20-23)22-36-29-21-25(14-15-31(29)40(39)30-11-7-6-10-28(30)33(36)38)32(37)35-18-16-34(17-19-35)27-8-4-3-5-9-27/h3-15,20-21H,16-19,22H2,1-2H3/t40-/m1/s1. The summed E-state index contributed by atoms with van der Waals surface area (Å²) in [6.45, 7) is 7.08. The number of nitrogens with zero attached hydrogens (tertiary/aromatic N) is 3. The highest BCUT2D eigenvalue weighted by molar-refractivity contribution is 7.85. The maximum Gasteiger partial charge on any atom is 0.259 e. The second kappa shape index (κ2) is 10.7. The Labute approximate surface area is 237 Å². The Balaban J connectivity index is 1.35. The maximum atomic E-state index is 14.0. The number of rotatable bonds is 4. The van der Waals surface area contributed by atoms with Gasteiger partial charge in [0.25, 0.3) is 11.8 Å². The Hall–Kier alpha value is -4.23. The highest BCUT2D eigenvalue weighted by Crippen LogP contribution is 2.36. The molecule has 7 heteroatoms. The molecular formula is C33H31N3O3S. The Bertz CT molecular complexity index is 1630. The fourth-order valence-corrected chi connectivity index (χ4v) is 6.83. The van der Waals surface area contributed by atoms with Crippen LogP contribution in [0.4, 0.5) is 11.4 Å². The molecule has 1 fully saturated rings. The summed E-state index contributed by atoms with van der Waals surface area (Å²) in [6.07, 6.45) is 0. The van der Waals surface area contributed by atoms with E-state index in [1.54, 1.807) is 47.4 Å². The smallest absolute Gasteiger partial charge is 0.259 e. The SMILES string of the molecule is Cc1ccc(C)c(CN2C(=O)c3ccccc3[S@@](=O)c3ccc(C(=O)N4CCN(c5ccccc5)CC4)cc32)c1. The number of amides is 2. The summed E-state index contributed by atoms with van der Waals surface area (Å²) >= 11 is 0. The van der Waals surface area contributed by atoms with E-state index < -0.39 is 10.8 Å². The van der Waals surface area contributed by atoms with Crippen LogP contribution >= 0.6 is 0 Å². The largest absolute Gasteiger partial charge is 0.368 e. The third-order valence-electron chi connectivity index (χ3n) is 7.78. The Kier molecular flexibility index (Phi) is 6.98. The molecule has 2 aliphatic heterocycles. The average Bonchev–Trinajstić information content (AvgIpc) is 3.08. The molecule has 0 unspecified atom stereocenters. The predicted octanol–water partition coefficient (Wildman–Crippen LogP) is 5.59. The fourth-order valence-electron chi connectivity index (χ4n) is 5.48. The van der Waals surface area contributed by atoms with Gasteiger partial charge in [0.05, 0.1) is 38.4 Å². The van der Waals surface area contributed by atoms with E-state index >= 15 is 0 Å². The first kappa shape index (κ1) is 26.0. The van der Waals surface area contributed by atoms with E-state index in [0.717, 1.165) is 35.5 Å². The number of hydrogen-bond acceptors (Lipinski definition) is 4. The van der Waals surface area contributed by atoms with Crippen LogP contribution in [0.25, 0.3) is 0 Å². The van der Waals surface area contributed by atoms with Gasteiger partial charge in [0.15, 0.2) is 0 Å². The van der Waals surface area contributed by atoms with E-state index in [4.69, 9.17) is 0 Å². The minimum Gasteiger partial charge on any atom is -0.368 e. The number of hydrogen-bond donors (Lipinski definition) is 0. The number of carbonyl (C=O) groups is 2. The highest BCUT2D eigenvalue weighted by Gasteiger charge is 2.32. The summed E-state index contributed by atoms with van der Waals surface area (Å²) < 4.78 is 13.8. The van der Waals surface area contributed by atoms with Gasteiger partial charge in [0, 0.05) is 37.4 Å². The number of aryl methyl sites for hydroxylation is 2. The van der Waals surface area contributed by atoms with E-state index in [1.807, 2.05) is 36.9 Å². The molecule has 40 heavy (non-hydrogen) atoms. The lowest BCUT2D eigenvalue weighted by Crippen LogP contribution is -2.48. The van der Waals surface area contributed by atoms with Gasteiger partial charge in [0.2, 0.25) is 0 Å². The minimum absolute atomic E-state index is 0.0813. The summed E-state index contributed by atoms with van der Waals surface area (Å²) in [5.74, 6) is -0.299. The van der Waals surface area contributed by atoms with E-state index in [9.17, 15) is 13.8 Å². The molecule has 1 atom stereocenters. The van der Waals surface area contributed by atoms with Gasteiger partial charge in [0.1, 0.15) is 0 Å². The number of fused-ring (bicyclic) bond motifs is 2. The second-order valence-corrected chi connectivity index (χ2v) is 11.8. The molecule has 6 nitrogen and oxygen atoms in total. The first-order chi connectivity index (χ1) is 19.4. The van der Waals surface area contributed by atoms with Crippen molar-refractivity contribution in [3.8, 4) is 0 Å². The van der Waals surface area contributed by atoms with Gasteiger partial charge in [-0.2, -0.15) is 0 Å². The number of anilines is 2. The zero-order valence-corrected chi connectivity index (χ0v) is 23.5. The Morgan fingerprint density at radius 1 is 0.800 bits per heavy atom. The van der Waals surface area contributed by atoms with Crippen molar-refractivity contribution in [2.75, 3.05) is 36.0 Å². The molecule has 1 saturated heterocycles. The van der Waals surface area contributed by atoms with E-state index in [0.29, 0.717) is 46.2 Å². The van der Waals surface area contributed by atoms with Crippen LogP contribution in [0.1, 0.15) is 37.4 Å². The van der Waals surface area contributed by atoms with Crippen molar-refractivity contribution in [1.82, 2.24) is 4.90 Å². The molecule has 202 valence electrons. The highest BCUT2D eigenvalue weighted by atomic mass is 32.2. The van der Waals surface area contributed by atoms with Crippen molar-refractivity contribution in [3.63, 3.8) is 0 Å². The number of carbonyl (C=O) groups excluding carboxylic acids is 2. The monoisotopic (exact) mass is 549 g/mol. The van der Waals surface area contributed by atoms with Gasteiger partial charge in [-0.1, -0.05) is 54.1 Å². The molecule has 2 aliphatic rings. The summed E-state index contributed by atoms with van der Waals surface area (Å²) in [4.78, 5) is 34.5. The number of piperazine rings is 1. The Morgan fingerprint density at radius 2 is 1.52 bits per heavy atom. The van der Waals surface area contributed by atoms with Crippen LogP contribution in [0.2, 0.25) is 0 Å². The van der Waals surface area contributed by atoms with E-state index in [2.05, 4.69) is 35.2 Å². The van der Waals surface area contributed by atoms with Crippen LogP contribution in [0.15, 0.2) is 101 Å². The summed E-state index contributed by atoms with van der Waals surface area (Å²) in [7, 11) is -1.56. The third-order valence-corrected chi connectivity index (χ3v) is 9.28. The first-order valence-electron chi connectivity index (χ1n) is 13.5. The fraction of sp³-hybridized carbons (Fsp3) is 0.212. The zero-order valence-electron chi connectivity index (χ0n) is 22.7. The third kappa shape index (κ3) is 4.82. The van der Waals surface area contributed by atoms with Crippen LogP contribution in [-0.4, -0.2) is 47.1 Å². The van der Waals surface area contributed by atoms with Gasteiger partial charge in [-0.05, 0) is 67.4 Å². The number of benzene rings is 4. The van der Waals surface area contributed by atoms with Gasteiger partial charge < -0.3 is 14.7 Å². The van der Waals surface area contributed by atoms with Crippen molar-refractivity contribution in [2.24, 2.45) is 0 Å². The van der Waals surface area contributed by atoms with Crippen molar-refractivity contribution in [2.45, 2.75) is 30.2 Å². The summed E-state index contributed by atoms with van der Waals surface area (Å²) in [5, 5.41) is 0. The van der Waals surface area contributed by atoms with E-state index in [-0.39, 0.29) is 11.8 Å². The molecule has 0 N–H and O–H groups in total. The lowest BCUT2D eigenvalue weighted by Gasteiger charge is -2.36. The molecule has 0 saturated carbocycles. The molecule has 4 aromatic rings. The normalized spacial score (nSPS) is 16.8. The second-order valence-electron chi connectivity index (χ2n) is 10.4. The lowest BCUT2D eigenvalue weighted by atomic mass is 10.0. The van der Waals surface area contributed by atoms with Crippen LogP contribution in [-0.2, 0) is 17.3 Å². The molecule has 2 heterocycles. The van der Waals surface area contributed by atoms with Gasteiger partial charge in [-0.25, -0.2) is 4.21 Å². The molecular weight excluding hydrogens is 518 g/mol. The molecule has 0 bridgehead atoms. The summed E-state index contributed by atoms with van der Waals surface area (Å²) in [6, 6.07) is 28.7. The van der Waals surface area contributed by atoms with Crippen molar-refractivity contribution < 1.29 is 13.8 Å². The average molecular weight is 550 g/mol. The van der Waals surface area contributed by atoms with E-state index in [1.165, 1.54) is 0 Å². The van der Waals surface area contributed by atoms with Gasteiger partial charge >= 0.3 is 0 Å². The zero-order chi connectivity index (χ0) is 27.8. The van der Waals surface area contributed by atoms with Crippen LogP contribution < -0.4 is 9.80 Å². The lowest BCUT2D eigenvalue weighted by molar-refractivity contribution is 0.0746. The molecule has 0 aromatic heterocycles.